The van der Waals surface area contributed by atoms with Crippen molar-refractivity contribution >= 4 is 28.3 Å². The van der Waals surface area contributed by atoms with Gasteiger partial charge in [-0.2, -0.15) is 0 Å². The number of hydrogen-bond acceptors (Lipinski definition) is 2. The highest BCUT2D eigenvalue weighted by Gasteiger charge is 2.42. The summed E-state index contributed by atoms with van der Waals surface area (Å²) in [4.78, 5) is 26.5. The standard InChI is InChI=1S/C16H14N2O2/c1-16(2)9-7-8-5-4-6-10-11(8)13(15(20)18(10)3)12(9)14(19)17-16/h4-7H,1-3H3,(H,17,19). The molecule has 4 heteroatoms. The van der Waals surface area contributed by atoms with Crippen LogP contribution in [0.25, 0.3) is 10.8 Å². The summed E-state index contributed by atoms with van der Waals surface area (Å²) in [5.41, 5.74) is 2.45. The number of amides is 2. The van der Waals surface area contributed by atoms with Crippen molar-refractivity contribution in [2.75, 3.05) is 11.9 Å². The minimum Gasteiger partial charge on any atom is -0.343 e. The van der Waals surface area contributed by atoms with Crippen molar-refractivity contribution in [1.82, 2.24) is 5.32 Å². The quantitative estimate of drug-likeness (QED) is 0.796. The Morgan fingerprint density at radius 1 is 1.15 bits per heavy atom. The maximum absolute atomic E-state index is 12.5. The molecule has 0 spiro atoms. The van der Waals surface area contributed by atoms with E-state index in [0.29, 0.717) is 11.1 Å². The first-order chi connectivity index (χ1) is 9.42. The van der Waals surface area contributed by atoms with Crippen molar-refractivity contribution in [3.63, 3.8) is 0 Å². The summed E-state index contributed by atoms with van der Waals surface area (Å²) in [5.74, 6) is -0.249. The Labute approximate surface area is 116 Å². The monoisotopic (exact) mass is 266 g/mol. The van der Waals surface area contributed by atoms with Gasteiger partial charge in [-0.3, -0.25) is 9.59 Å². The number of nitrogens with zero attached hydrogens (tertiary/aromatic N) is 1. The molecule has 2 aliphatic heterocycles. The number of hydrogen-bond donors (Lipinski definition) is 1. The third-order valence-electron chi connectivity index (χ3n) is 4.35. The van der Waals surface area contributed by atoms with Gasteiger partial charge in [0.05, 0.1) is 22.4 Å². The molecule has 0 fully saturated rings. The summed E-state index contributed by atoms with van der Waals surface area (Å²) in [7, 11) is 1.75. The van der Waals surface area contributed by atoms with Crippen LogP contribution >= 0.6 is 0 Å². The van der Waals surface area contributed by atoms with Crippen LogP contribution in [-0.2, 0) is 5.54 Å². The number of anilines is 1. The number of benzene rings is 2. The van der Waals surface area contributed by atoms with Gasteiger partial charge in [-0.1, -0.05) is 12.1 Å². The molecule has 2 heterocycles. The number of carbonyl (C=O) groups is 2. The predicted octanol–water partition coefficient (Wildman–Crippen LogP) is 2.41. The Morgan fingerprint density at radius 2 is 1.90 bits per heavy atom. The molecule has 1 N–H and O–H groups in total. The Kier molecular flexibility index (Phi) is 1.84. The van der Waals surface area contributed by atoms with E-state index in [9.17, 15) is 9.59 Å². The summed E-state index contributed by atoms with van der Waals surface area (Å²) >= 11 is 0. The van der Waals surface area contributed by atoms with Crippen molar-refractivity contribution in [2.45, 2.75) is 19.4 Å². The first kappa shape index (κ1) is 11.5. The molecule has 0 atom stereocenters. The maximum Gasteiger partial charge on any atom is 0.259 e. The molecular formula is C16H14N2O2. The summed E-state index contributed by atoms with van der Waals surface area (Å²) in [6.45, 7) is 3.92. The third kappa shape index (κ3) is 1.12. The zero-order chi connectivity index (χ0) is 14.2. The molecule has 0 radical (unpaired) electrons. The molecule has 2 amide bonds. The van der Waals surface area contributed by atoms with Gasteiger partial charge in [0.1, 0.15) is 0 Å². The summed E-state index contributed by atoms with van der Waals surface area (Å²) in [6, 6.07) is 7.89. The summed E-state index contributed by atoms with van der Waals surface area (Å²) < 4.78 is 0. The van der Waals surface area contributed by atoms with E-state index in [1.807, 2.05) is 38.1 Å². The van der Waals surface area contributed by atoms with Gasteiger partial charge in [0.25, 0.3) is 11.8 Å². The fraction of sp³-hybridized carbons (Fsp3) is 0.250. The van der Waals surface area contributed by atoms with Crippen LogP contribution in [0.3, 0.4) is 0 Å². The van der Waals surface area contributed by atoms with Crippen LogP contribution in [-0.4, -0.2) is 18.9 Å². The zero-order valence-corrected chi connectivity index (χ0v) is 11.6. The second-order valence-electron chi connectivity index (χ2n) is 5.99. The molecule has 0 unspecified atom stereocenters. The van der Waals surface area contributed by atoms with Gasteiger partial charge >= 0.3 is 0 Å². The van der Waals surface area contributed by atoms with E-state index >= 15 is 0 Å². The molecular weight excluding hydrogens is 252 g/mol. The molecule has 0 saturated carbocycles. The fourth-order valence-corrected chi connectivity index (χ4v) is 3.35. The Hall–Kier alpha value is -2.36. The zero-order valence-electron chi connectivity index (χ0n) is 11.6. The van der Waals surface area contributed by atoms with E-state index in [-0.39, 0.29) is 11.8 Å². The third-order valence-corrected chi connectivity index (χ3v) is 4.35. The van der Waals surface area contributed by atoms with Crippen molar-refractivity contribution in [2.24, 2.45) is 0 Å². The maximum atomic E-state index is 12.5. The minimum absolute atomic E-state index is 0.0964. The molecule has 0 saturated heterocycles. The summed E-state index contributed by atoms with van der Waals surface area (Å²) in [5, 5.41) is 4.86. The van der Waals surface area contributed by atoms with E-state index in [0.717, 1.165) is 22.0 Å². The van der Waals surface area contributed by atoms with Crippen LogP contribution in [0.2, 0.25) is 0 Å². The van der Waals surface area contributed by atoms with E-state index in [1.54, 1.807) is 11.9 Å². The lowest BCUT2D eigenvalue weighted by molar-refractivity contribution is 0.0928. The lowest BCUT2D eigenvalue weighted by Gasteiger charge is -2.19. The lowest BCUT2D eigenvalue weighted by atomic mass is 9.89. The highest BCUT2D eigenvalue weighted by Crippen LogP contribution is 2.43. The van der Waals surface area contributed by atoms with E-state index in [1.165, 1.54) is 0 Å². The molecule has 2 aromatic carbocycles. The average Bonchev–Trinajstić information content (AvgIpc) is 2.78. The van der Waals surface area contributed by atoms with Crippen LogP contribution in [0.1, 0.15) is 40.1 Å². The van der Waals surface area contributed by atoms with Gasteiger partial charge in [0.2, 0.25) is 0 Å². The van der Waals surface area contributed by atoms with Gasteiger partial charge in [-0.25, -0.2) is 0 Å². The molecule has 2 aliphatic rings. The van der Waals surface area contributed by atoms with Crippen molar-refractivity contribution < 1.29 is 9.59 Å². The van der Waals surface area contributed by atoms with Crippen molar-refractivity contribution in [3.05, 3.63) is 41.0 Å². The SMILES string of the molecule is CN1C(=O)c2c3c(cc4cccc1c24)C(C)(C)NC3=O. The van der Waals surface area contributed by atoms with E-state index in [4.69, 9.17) is 0 Å². The van der Waals surface area contributed by atoms with Crippen LogP contribution in [0.15, 0.2) is 24.3 Å². The van der Waals surface area contributed by atoms with Gasteiger partial charge in [0, 0.05) is 12.4 Å². The van der Waals surface area contributed by atoms with Crippen molar-refractivity contribution in [1.29, 1.82) is 0 Å². The first-order valence-electron chi connectivity index (χ1n) is 6.62. The summed E-state index contributed by atoms with van der Waals surface area (Å²) in [6.07, 6.45) is 0. The molecule has 100 valence electrons. The van der Waals surface area contributed by atoms with Gasteiger partial charge in [-0.15, -0.1) is 0 Å². The second-order valence-corrected chi connectivity index (χ2v) is 5.99. The largest absolute Gasteiger partial charge is 0.343 e. The smallest absolute Gasteiger partial charge is 0.259 e. The highest BCUT2D eigenvalue weighted by atomic mass is 16.2. The molecule has 0 aliphatic carbocycles. The van der Waals surface area contributed by atoms with Gasteiger partial charge in [0.15, 0.2) is 0 Å². The normalized spacial score (nSPS) is 18.6. The van der Waals surface area contributed by atoms with Crippen molar-refractivity contribution in [3.8, 4) is 0 Å². The molecule has 20 heavy (non-hydrogen) atoms. The highest BCUT2D eigenvalue weighted by molar-refractivity contribution is 6.29. The first-order valence-corrected chi connectivity index (χ1v) is 6.62. The molecule has 0 bridgehead atoms. The predicted molar refractivity (Wildman–Crippen MR) is 77.2 cm³/mol. The van der Waals surface area contributed by atoms with E-state index < -0.39 is 5.54 Å². The Morgan fingerprint density at radius 3 is 2.65 bits per heavy atom. The van der Waals surface area contributed by atoms with Crippen LogP contribution in [0.4, 0.5) is 5.69 Å². The number of nitrogens with one attached hydrogen (secondary N) is 1. The lowest BCUT2D eigenvalue weighted by Crippen LogP contribution is -2.32. The fourth-order valence-electron chi connectivity index (χ4n) is 3.35. The number of rotatable bonds is 0. The van der Waals surface area contributed by atoms with Crippen LogP contribution < -0.4 is 10.2 Å². The average molecular weight is 266 g/mol. The molecule has 4 nitrogen and oxygen atoms in total. The van der Waals surface area contributed by atoms with Crippen LogP contribution in [0, 0.1) is 0 Å². The molecule has 4 rings (SSSR count). The topological polar surface area (TPSA) is 49.4 Å². The molecule has 0 aromatic heterocycles. The van der Waals surface area contributed by atoms with Gasteiger partial charge in [-0.05, 0) is 36.9 Å². The molecule has 2 aromatic rings. The van der Waals surface area contributed by atoms with Gasteiger partial charge < -0.3 is 10.2 Å². The Balaban J connectivity index is 2.24. The number of carbonyl (C=O) groups excluding carboxylic acids is 2. The second kappa shape index (κ2) is 3.20. The van der Waals surface area contributed by atoms with E-state index in [2.05, 4.69) is 5.32 Å². The minimum atomic E-state index is -0.436. The Bertz CT molecular complexity index is 821. The van der Waals surface area contributed by atoms with Crippen LogP contribution in [0.5, 0.6) is 0 Å². The number of fused-ring (bicyclic) bond motifs is 2.